The van der Waals surface area contributed by atoms with Crippen LogP contribution in [0.1, 0.15) is 16.2 Å². The number of carbonyl (C=O) groups is 1. The molecule has 0 N–H and O–H groups in total. The van der Waals surface area contributed by atoms with Gasteiger partial charge in [-0.2, -0.15) is 0 Å². The minimum atomic E-state index is -0.575. The fraction of sp³-hybridized carbons (Fsp3) is 0.154. The minimum absolute atomic E-state index is 0.169. The van der Waals surface area contributed by atoms with Crippen molar-refractivity contribution in [3.63, 3.8) is 0 Å². The number of carbonyl (C=O) groups excluding carboxylic acids is 1. The Morgan fingerprint density at radius 2 is 2.19 bits per heavy atom. The number of ketones is 1. The van der Waals surface area contributed by atoms with Crippen LogP contribution in [-0.4, -0.2) is 20.3 Å². The first-order valence-electron chi connectivity index (χ1n) is 5.89. The number of benzene rings is 1. The zero-order valence-corrected chi connectivity index (χ0v) is 12.5. The first kappa shape index (κ1) is 15.0. The van der Waals surface area contributed by atoms with E-state index in [1.165, 1.54) is 35.0 Å². The van der Waals surface area contributed by atoms with Crippen LogP contribution in [0.4, 0.5) is 5.69 Å². The monoisotopic (exact) mass is 351 g/mol. The predicted molar refractivity (Wildman–Crippen MR) is 78.4 cm³/mol. The number of non-ortho nitro benzene ring substituents is 1. The van der Waals surface area contributed by atoms with Gasteiger partial charge < -0.3 is 0 Å². The Kier molecular flexibility index (Phi) is 4.27. The molecule has 2 rings (SSSR count). The summed E-state index contributed by atoms with van der Waals surface area (Å²) in [4.78, 5) is 38.2. The number of hydrogen-bond donors (Lipinski definition) is 0. The molecule has 0 saturated carbocycles. The summed E-state index contributed by atoms with van der Waals surface area (Å²) in [6.07, 6.45) is 1.37. The molecule has 1 aromatic carbocycles. The smallest absolute Gasteiger partial charge is 0.270 e. The molecule has 21 heavy (non-hydrogen) atoms. The van der Waals surface area contributed by atoms with Gasteiger partial charge in [-0.1, -0.05) is 12.1 Å². The van der Waals surface area contributed by atoms with Crippen LogP contribution in [0.3, 0.4) is 0 Å². The molecule has 0 amide bonds. The van der Waals surface area contributed by atoms with E-state index in [0.29, 0.717) is 5.82 Å². The van der Waals surface area contributed by atoms with Gasteiger partial charge in [-0.15, -0.1) is 0 Å². The van der Waals surface area contributed by atoms with Crippen molar-refractivity contribution in [1.82, 2.24) is 9.55 Å². The molecule has 1 heterocycles. The Hall–Kier alpha value is -2.35. The van der Waals surface area contributed by atoms with Crippen molar-refractivity contribution in [2.75, 3.05) is 0 Å². The molecule has 0 atom stereocenters. The third-order valence-electron chi connectivity index (χ3n) is 2.89. The molecule has 0 fully saturated rings. The number of nitro groups is 1. The van der Waals surface area contributed by atoms with Gasteiger partial charge >= 0.3 is 0 Å². The van der Waals surface area contributed by atoms with Crippen molar-refractivity contribution < 1.29 is 9.72 Å². The fourth-order valence-electron chi connectivity index (χ4n) is 1.76. The maximum Gasteiger partial charge on any atom is 0.270 e. The Morgan fingerprint density at radius 3 is 2.86 bits per heavy atom. The number of rotatable bonds is 4. The molecule has 8 heteroatoms. The highest BCUT2D eigenvalue weighted by atomic mass is 79.9. The second kappa shape index (κ2) is 5.96. The maximum absolute atomic E-state index is 12.2. The van der Waals surface area contributed by atoms with Gasteiger partial charge in [-0.25, -0.2) is 4.98 Å². The molecule has 0 saturated heterocycles. The van der Waals surface area contributed by atoms with Crippen molar-refractivity contribution >= 4 is 27.4 Å². The molecule has 0 unspecified atom stereocenters. The summed E-state index contributed by atoms with van der Waals surface area (Å²) < 4.78 is 1.46. The molecular weight excluding hydrogens is 342 g/mol. The van der Waals surface area contributed by atoms with Gasteiger partial charge in [0.1, 0.15) is 10.3 Å². The summed E-state index contributed by atoms with van der Waals surface area (Å²) in [5.74, 6) is -0.00854. The summed E-state index contributed by atoms with van der Waals surface area (Å²) in [6.45, 7) is 1.38. The van der Waals surface area contributed by atoms with Crippen molar-refractivity contribution in [1.29, 1.82) is 0 Å². The van der Waals surface area contributed by atoms with Crippen LogP contribution in [-0.2, 0) is 6.54 Å². The van der Waals surface area contributed by atoms with E-state index in [-0.39, 0.29) is 27.8 Å². The van der Waals surface area contributed by atoms with E-state index in [4.69, 9.17) is 0 Å². The van der Waals surface area contributed by atoms with Crippen LogP contribution in [0, 0.1) is 17.0 Å². The van der Waals surface area contributed by atoms with Crippen molar-refractivity contribution in [2.45, 2.75) is 13.5 Å². The van der Waals surface area contributed by atoms with E-state index >= 15 is 0 Å². The highest BCUT2D eigenvalue weighted by molar-refractivity contribution is 9.10. The quantitative estimate of drug-likeness (QED) is 0.477. The molecule has 2 aromatic rings. The minimum Gasteiger partial charge on any atom is -0.292 e. The predicted octanol–water partition coefficient (Wildman–Crippen LogP) is 2.11. The molecule has 7 nitrogen and oxygen atoms in total. The van der Waals surface area contributed by atoms with E-state index in [0.717, 1.165) is 0 Å². The van der Waals surface area contributed by atoms with Crippen LogP contribution in [0.15, 0.2) is 39.7 Å². The Morgan fingerprint density at radius 1 is 1.48 bits per heavy atom. The number of Topliss-reactive ketones (excluding diaryl/α,β-unsaturated/α-hetero) is 1. The summed E-state index contributed by atoms with van der Waals surface area (Å²) in [5, 5.41) is 10.7. The third-order valence-corrected chi connectivity index (χ3v) is 3.43. The second-order valence-electron chi connectivity index (χ2n) is 4.28. The third kappa shape index (κ3) is 3.22. The van der Waals surface area contributed by atoms with Crippen LogP contribution in [0.5, 0.6) is 0 Å². The molecular formula is C13H10BrN3O4. The topological polar surface area (TPSA) is 95.1 Å². The molecule has 0 aliphatic heterocycles. The van der Waals surface area contributed by atoms with Gasteiger partial charge in [0.2, 0.25) is 0 Å². The lowest BCUT2D eigenvalue weighted by Gasteiger charge is -2.08. The molecule has 0 aliphatic carbocycles. The second-order valence-corrected chi connectivity index (χ2v) is 5.13. The lowest BCUT2D eigenvalue weighted by molar-refractivity contribution is -0.384. The van der Waals surface area contributed by atoms with Gasteiger partial charge in [0, 0.05) is 23.9 Å². The van der Waals surface area contributed by atoms with Crippen LogP contribution >= 0.6 is 15.9 Å². The molecule has 0 radical (unpaired) electrons. The number of aromatic nitrogens is 2. The summed E-state index contributed by atoms with van der Waals surface area (Å²) in [7, 11) is 0. The van der Waals surface area contributed by atoms with E-state index in [1.807, 2.05) is 0 Å². The lowest BCUT2D eigenvalue weighted by Crippen LogP contribution is -2.27. The van der Waals surface area contributed by atoms with E-state index in [9.17, 15) is 19.7 Å². The first-order chi connectivity index (χ1) is 9.90. The Bertz CT molecular complexity index is 785. The number of hydrogen-bond acceptors (Lipinski definition) is 5. The van der Waals surface area contributed by atoms with Crippen molar-refractivity contribution in [3.8, 4) is 0 Å². The van der Waals surface area contributed by atoms with Gasteiger partial charge in [0.05, 0.1) is 11.5 Å². The van der Waals surface area contributed by atoms with Crippen molar-refractivity contribution in [2.24, 2.45) is 0 Å². The Labute approximate surface area is 127 Å². The van der Waals surface area contributed by atoms with E-state index < -0.39 is 10.7 Å². The molecule has 108 valence electrons. The van der Waals surface area contributed by atoms with E-state index in [1.54, 1.807) is 6.92 Å². The zero-order valence-electron chi connectivity index (χ0n) is 10.9. The summed E-state index contributed by atoms with van der Waals surface area (Å²) in [6, 6.07) is 5.39. The zero-order chi connectivity index (χ0) is 15.6. The number of aryl methyl sites for hydroxylation is 1. The SMILES string of the molecule is Cc1ncc(Br)c(=O)n1CC(=O)c1cccc([N+](=O)[O-])c1. The van der Waals surface area contributed by atoms with E-state index in [2.05, 4.69) is 20.9 Å². The van der Waals surface area contributed by atoms with Gasteiger partial charge in [0.15, 0.2) is 5.78 Å². The molecule has 0 aliphatic rings. The van der Waals surface area contributed by atoms with Gasteiger partial charge in [-0.3, -0.25) is 24.3 Å². The van der Waals surface area contributed by atoms with Gasteiger partial charge in [0.25, 0.3) is 11.2 Å². The lowest BCUT2D eigenvalue weighted by atomic mass is 10.1. The number of halogens is 1. The summed E-state index contributed by atoms with van der Waals surface area (Å²) >= 11 is 3.06. The van der Waals surface area contributed by atoms with Crippen molar-refractivity contribution in [3.05, 3.63) is 66.8 Å². The first-order valence-corrected chi connectivity index (χ1v) is 6.69. The number of nitro benzene ring substituents is 1. The van der Waals surface area contributed by atoms with Crippen LogP contribution in [0.25, 0.3) is 0 Å². The summed E-state index contributed by atoms with van der Waals surface area (Å²) in [5.41, 5.74) is -0.367. The highest BCUT2D eigenvalue weighted by Gasteiger charge is 2.14. The average molecular weight is 352 g/mol. The van der Waals surface area contributed by atoms with Crippen LogP contribution < -0.4 is 5.56 Å². The molecule has 0 bridgehead atoms. The standard InChI is InChI=1S/C13H10BrN3O4/c1-8-15-6-11(14)13(19)16(8)7-12(18)9-3-2-4-10(5-9)17(20)21/h2-6H,7H2,1H3. The molecule has 0 spiro atoms. The maximum atomic E-state index is 12.2. The molecule has 1 aromatic heterocycles. The average Bonchev–Trinajstić information content (AvgIpc) is 2.47. The number of nitrogens with zero attached hydrogens (tertiary/aromatic N) is 3. The largest absolute Gasteiger partial charge is 0.292 e. The Balaban J connectivity index is 2.35. The van der Waals surface area contributed by atoms with Crippen LogP contribution in [0.2, 0.25) is 0 Å². The fourth-order valence-corrected chi connectivity index (χ4v) is 2.08. The van der Waals surface area contributed by atoms with Gasteiger partial charge in [-0.05, 0) is 22.9 Å². The normalized spacial score (nSPS) is 10.4. The highest BCUT2D eigenvalue weighted by Crippen LogP contribution is 2.14.